The molecule has 3 fully saturated rings. The van der Waals surface area contributed by atoms with Crippen LogP contribution >= 0.6 is 0 Å². The number of alkyl halides is 6. The van der Waals surface area contributed by atoms with Crippen LogP contribution in [0.1, 0.15) is 25.7 Å². The molecule has 1 aromatic heterocycles. The Kier molecular flexibility index (Phi) is 10.1. The lowest BCUT2D eigenvalue weighted by molar-refractivity contribution is -0.193. The number of anilines is 1. The van der Waals surface area contributed by atoms with Gasteiger partial charge in [0, 0.05) is 32.4 Å². The molecule has 8 nitrogen and oxygen atoms in total. The van der Waals surface area contributed by atoms with Crippen molar-refractivity contribution in [3.8, 4) is 0 Å². The maximum Gasteiger partial charge on any atom is 0.490 e. The summed E-state index contributed by atoms with van der Waals surface area (Å²) in [6.45, 7) is 4.52. The maximum atomic E-state index is 10.6. The van der Waals surface area contributed by atoms with E-state index in [0.29, 0.717) is 18.1 Å². The first kappa shape index (κ1) is 28.6. The number of likely N-dealkylation sites (tertiary alicyclic amines) is 1. The molecule has 2 saturated heterocycles. The molecule has 3 aliphatic rings. The van der Waals surface area contributed by atoms with Gasteiger partial charge in [-0.05, 0) is 49.7 Å². The molecule has 1 aliphatic carbocycles. The molecule has 3 heterocycles. The highest BCUT2D eigenvalue weighted by molar-refractivity contribution is 5.73. The van der Waals surface area contributed by atoms with Gasteiger partial charge in [0.05, 0.1) is 12.1 Å². The van der Waals surface area contributed by atoms with Crippen molar-refractivity contribution in [2.24, 2.45) is 11.8 Å². The minimum Gasteiger partial charge on any atom is -0.475 e. The number of nitrogens with one attached hydrogen (secondary N) is 1. The minimum atomic E-state index is -5.08. The van der Waals surface area contributed by atoms with Crippen molar-refractivity contribution in [2.45, 2.75) is 50.2 Å². The molecule has 198 valence electrons. The van der Waals surface area contributed by atoms with Crippen molar-refractivity contribution >= 4 is 17.8 Å². The monoisotopic (exact) mass is 515 g/mol. The van der Waals surface area contributed by atoms with Crippen molar-refractivity contribution < 1.29 is 50.9 Å². The van der Waals surface area contributed by atoms with E-state index in [1.165, 1.54) is 38.8 Å². The summed E-state index contributed by atoms with van der Waals surface area (Å²) in [6, 6.07) is 6.43. The van der Waals surface area contributed by atoms with E-state index in [2.05, 4.69) is 21.3 Å². The number of aromatic nitrogens is 1. The van der Waals surface area contributed by atoms with E-state index in [-0.39, 0.29) is 0 Å². The van der Waals surface area contributed by atoms with Crippen LogP contribution in [-0.2, 0) is 14.3 Å². The number of hydrogen-bond acceptors (Lipinski definition) is 6. The Labute approximate surface area is 197 Å². The lowest BCUT2D eigenvalue weighted by Crippen LogP contribution is -2.58. The first-order valence-corrected chi connectivity index (χ1v) is 10.9. The van der Waals surface area contributed by atoms with Crippen LogP contribution in [0.2, 0.25) is 0 Å². The Bertz CT molecular complexity index is 796. The fourth-order valence-corrected chi connectivity index (χ4v) is 3.87. The summed E-state index contributed by atoms with van der Waals surface area (Å²) < 4.78 is 69.6. The number of nitrogens with zero attached hydrogens (tertiary/aromatic N) is 2. The first-order valence-electron chi connectivity index (χ1n) is 10.9. The molecule has 0 unspecified atom stereocenters. The zero-order valence-corrected chi connectivity index (χ0v) is 18.6. The molecule has 0 spiro atoms. The summed E-state index contributed by atoms with van der Waals surface area (Å²) in [6.07, 6.45) is -2.57. The average Bonchev–Trinajstić information content (AvgIpc) is 3.58. The quantitative estimate of drug-likeness (QED) is 0.522. The summed E-state index contributed by atoms with van der Waals surface area (Å²) in [5, 5.41) is 17.9. The van der Waals surface area contributed by atoms with Crippen LogP contribution in [-0.4, -0.2) is 82.8 Å². The van der Waals surface area contributed by atoms with Crippen LogP contribution < -0.4 is 5.32 Å². The van der Waals surface area contributed by atoms with E-state index >= 15 is 0 Å². The van der Waals surface area contributed by atoms with E-state index in [4.69, 9.17) is 24.5 Å². The summed E-state index contributed by atoms with van der Waals surface area (Å²) >= 11 is 0. The zero-order chi connectivity index (χ0) is 26.2. The van der Waals surface area contributed by atoms with Crippen LogP contribution in [0.5, 0.6) is 0 Å². The van der Waals surface area contributed by atoms with Gasteiger partial charge in [0.2, 0.25) is 0 Å². The third-order valence-corrected chi connectivity index (χ3v) is 5.53. The average molecular weight is 515 g/mol. The molecule has 14 heteroatoms. The van der Waals surface area contributed by atoms with E-state index in [0.717, 1.165) is 24.9 Å². The fourth-order valence-electron chi connectivity index (χ4n) is 3.87. The number of halogens is 6. The molecule has 0 bridgehead atoms. The Morgan fingerprint density at radius 2 is 1.63 bits per heavy atom. The molecule has 1 aromatic rings. The van der Waals surface area contributed by atoms with Gasteiger partial charge in [0.1, 0.15) is 5.82 Å². The smallest absolute Gasteiger partial charge is 0.475 e. The van der Waals surface area contributed by atoms with Gasteiger partial charge in [-0.3, -0.25) is 0 Å². The number of piperidine rings is 1. The number of carbonyl (C=O) groups is 2. The molecule has 4 rings (SSSR count). The second kappa shape index (κ2) is 12.4. The van der Waals surface area contributed by atoms with Crippen molar-refractivity contribution in [2.75, 3.05) is 31.6 Å². The Morgan fingerprint density at radius 1 is 1.03 bits per heavy atom. The Morgan fingerprint density at radius 3 is 2.11 bits per heavy atom. The van der Waals surface area contributed by atoms with Gasteiger partial charge in [-0.25, -0.2) is 14.6 Å². The highest BCUT2D eigenvalue weighted by Gasteiger charge is 2.41. The summed E-state index contributed by atoms with van der Waals surface area (Å²) in [5.41, 5.74) is 0. The highest BCUT2D eigenvalue weighted by atomic mass is 19.4. The molecule has 0 aromatic carbocycles. The lowest BCUT2D eigenvalue weighted by atomic mass is 9.85. The Hall–Kier alpha value is -2.61. The van der Waals surface area contributed by atoms with Gasteiger partial charge < -0.3 is 25.2 Å². The molecule has 35 heavy (non-hydrogen) atoms. The van der Waals surface area contributed by atoms with E-state index in [1.54, 1.807) is 0 Å². The zero-order valence-electron chi connectivity index (χ0n) is 18.6. The van der Waals surface area contributed by atoms with Gasteiger partial charge in [0.15, 0.2) is 0 Å². The fraction of sp³-hybridized carbons (Fsp3) is 0.667. The van der Waals surface area contributed by atoms with Crippen molar-refractivity contribution in [3.05, 3.63) is 24.4 Å². The molecule has 3 N–H and O–H groups in total. The summed E-state index contributed by atoms with van der Waals surface area (Å²) in [7, 11) is 0. The van der Waals surface area contributed by atoms with Crippen LogP contribution in [0.15, 0.2) is 24.4 Å². The van der Waals surface area contributed by atoms with Gasteiger partial charge in [-0.1, -0.05) is 6.07 Å². The lowest BCUT2D eigenvalue weighted by Gasteiger charge is -2.46. The van der Waals surface area contributed by atoms with Gasteiger partial charge in [-0.2, -0.15) is 26.3 Å². The number of fused-ring (bicyclic) bond motifs is 1. The first-order chi connectivity index (χ1) is 16.3. The number of carboxylic acid groups (broad SMARTS) is 2. The third kappa shape index (κ3) is 10.3. The van der Waals surface area contributed by atoms with Crippen LogP contribution in [0.25, 0.3) is 0 Å². The van der Waals surface area contributed by atoms with Crippen molar-refractivity contribution in [3.63, 3.8) is 0 Å². The highest BCUT2D eigenvalue weighted by Crippen LogP contribution is 2.34. The normalized spacial score (nSPS) is 24.6. The van der Waals surface area contributed by atoms with Gasteiger partial charge in [-0.15, -0.1) is 0 Å². The number of carboxylic acids is 2. The van der Waals surface area contributed by atoms with Crippen molar-refractivity contribution in [1.29, 1.82) is 0 Å². The maximum absolute atomic E-state index is 10.6. The van der Waals surface area contributed by atoms with Gasteiger partial charge >= 0.3 is 24.3 Å². The number of ether oxygens (including phenoxy) is 1. The standard InChI is InChI=1S/C17H25N3O.2C2HF3O2/c1-2-8-18-16(5-1)19-15-12-20(10-13-6-7-13)11-14-4-3-9-21-17(14)15;2*3-2(4,5)1(6)7/h1-2,5,8,13-15,17H,3-4,6-7,9-12H2,(H,18,19);2*(H,6,7)/t14-,15+,17-;;/m0../s1. The molecular formula is C21H27F6N3O5. The topological polar surface area (TPSA) is 112 Å². The van der Waals surface area contributed by atoms with Gasteiger partial charge in [0.25, 0.3) is 0 Å². The SMILES string of the molecule is O=C(O)C(F)(F)F.O=C(O)C(F)(F)F.c1ccc(N[C@@H]2CN(CC3CC3)C[C@@H]3CCCO[C@@H]32)nc1. The second-order valence-electron chi connectivity index (χ2n) is 8.47. The number of hydrogen-bond donors (Lipinski definition) is 3. The minimum absolute atomic E-state index is 0.358. The molecule has 0 amide bonds. The van der Waals surface area contributed by atoms with E-state index < -0.39 is 24.3 Å². The number of pyridine rings is 1. The van der Waals surface area contributed by atoms with Crippen LogP contribution in [0, 0.1) is 11.8 Å². The van der Waals surface area contributed by atoms with E-state index in [9.17, 15) is 26.3 Å². The summed E-state index contributed by atoms with van der Waals surface area (Å²) in [4.78, 5) is 24.9. The largest absolute Gasteiger partial charge is 0.490 e. The van der Waals surface area contributed by atoms with Crippen LogP contribution in [0.4, 0.5) is 32.2 Å². The second-order valence-corrected chi connectivity index (χ2v) is 8.47. The molecule has 0 radical (unpaired) electrons. The molecule has 3 atom stereocenters. The molecular weight excluding hydrogens is 488 g/mol. The molecule has 1 saturated carbocycles. The Balaban J connectivity index is 0.000000257. The van der Waals surface area contributed by atoms with E-state index in [1.807, 2.05) is 18.3 Å². The van der Waals surface area contributed by atoms with Crippen LogP contribution in [0.3, 0.4) is 0 Å². The molecule has 2 aliphatic heterocycles. The van der Waals surface area contributed by atoms with Crippen molar-refractivity contribution in [1.82, 2.24) is 9.88 Å². The summed E-state index contributed by atoms with van der Waals surface area (Å²) in [5.74, 6) is -2.89. The predicted molar refractivity (Wildman–Crippen MR) is 111 cm³/mol. The third-order valence-electron chi connectivity index (χ3n) is 5.53. The number of rotatable bonds is 4. The number of aliphatic carboxylic acids is 2. The predicted octanol–water partition coefficient (Wildman–Crippen LogP) is 3.65.